The predicted molar refractivity (Wildman–Crippen MR) is 76.1 cm³/mol. The van der Waals surface area contributed by atoms with Crippen LogP contribution in [0.3, 0.4) is 0 Å². The number of carbonyl (C=O) groups excluding carboxylic acids is 2. The van der Waals surface area contributed by atoms with Crippen molar-refractivity contribution in [1.29, 1.82) is 0 Å². The summed E-state index contributed by atoms with van der Waals surface area (Å²) in [5.74, 6) is -2.07. The SMILES string of the molecule is O=C([O-])Cc1ccccc1.O=C([O-])Cc1ccccc1.[Ba+2]. The van der Waals surface area contributed by atoms with Gasteiger partial charge in [0, 0.05) is 24.8 Å². The number of benzene rings is 2. The molecule has 5 heteroatoms. The molecule has 21 heavy (non-hydrogen) atoms. The number of carboxylic acids is 2. The van der Waals surface area contributed by atoms with Crippen LogP contribution in [0, 0.1) is 0 Å². The van der Waals surface area contributed by atoms with Crippen LogP contribution in [0.4, 0.5) is 0 Å². The van der Waals surface area contributed by atoms with Crippen LogP contribution in [-0.2, 0) is 22.4 Å². The molecule has 4 nitrogen and oxygen atoms in total. The van der Waals surface area contributed by atoms with Gasteiger partial charge in [0.1, 0.15) is 0 Å². The maximum Gasteiger partial charge on any atom is 2.00 e. The normalized spacial score (nSPS) is 8.76. The molecule has 0 aliphatic heterocycles. The summed E-state index contributed by atoms with van der Waals surface area (Å²) in [6, 6.07) is 17.9. The van der Waals surface area contributed by atoms with E-state index in [1.165, 1.54) is 0 Å². The summed E-state index contributed by atoms with van der Waals surface area (Å²) in [7, 11) is 0. The first-order valence-electron chi connectivity index (χ1n) is 6.05. The van der Waals surface area contributed by atoms with E-state index in [0.29, 0.717) is 0 Å². The monoisotopic (exact) mass is 408 g/mol. The average Bonchev–Trinajstić information content (AvgIpc) is 2.40. The Hall–Kier alpha value is -1.05. The van der Waals surface area contributed by atoms with Crippen molar-refractivity contribution < 1.29 is 19.8 Å². The number of rotatable bonds is 4. The minimum absolute atomic E-state index is 0. The second kappa shape index (κ2) is 11.6. The van der Waals surface area contributed by atoms with Gasteiger partial charge in [-0.15, -0.1) is 0 Å². The van der Waals surface area contributed by atoms with Crippen LogP contribution < -0.4 is 10.2 Å². The summed E-state index contributed by atoms with van der Waals surface area (Å²) in [5, 5.41) is 20.1. The molecule has 0 heterocycles. The van der Waals surface area contributed by atoms with Gasteiger partial charge in [0.15, 0.2) is 0 Å². The van der Waals surface area contributed by atoms with Crippen molar-refractivity contribution in [3.8, 4) is 0 Å². The smallest absolute Gasteiger partial charge is 0.550 e. The fourth-order valence-corrected chi connectivity index (χ4v) is 1.53. The van der Waals surface area contributed by atoms with E-state index < -0.39 is 11.9 Å². The zero-order valence-electron chi connectivity index (χ0n) is 11.5. The summed E-state index contributed by atoms with van der Waals surface area (Å²) in [4.78, 5) is 20.1. The van der Waals surface area contributed by atoms with Crippen LogP contribution >= 0.6 is 0 Å². The van der Waals surface area contributed by atoms with Gasteiger partial charge in [0.05, 0.1) is 0 Å². The summed E-state index contributed by atoms with van der Waals surface area (Å²) in [6.07, 6.45) is 0.00167. The Morgan fingerprint density at radius 1 is 0.667 bits per heavy atom. The Labute approximate surface area is 163 Å². The second-order valence-electron chi connectivity index (χ2n) is 4.07. The molecule has 0 unspecified atom stereocenters. The Bertz CT molecular complexity index is 489. The third kappa shape index (κ3) is 10.3. The molecule has 2 rings (SSSR count). The van der Waals surface area contributed by atoms with E-state index in [0.717, 1.165) is 11.1 Å². The van der Waals surface area contributed by atoms with Crippen LogP contribution in [0.15, 0.2) is 60.7 Å². The molecule has 104 valence electrons. The first-order chi connectivity index (χ1) is 9.58. The molecule has 0 aromatic heterocycles. The van der Waals surface area contributed by atoms with Gasteiger partial charge >= 0.3 is 48.9 Å². The largest absolute Gasteiger partial charge is 2.00 e. The van der Waals surface area contributed by atoms with Gasteiger partial charge in [-0.1, -0.05) is 60.7 Å². The fraction of sp³-hybridized carbons (Fsp3) is 0.125. The number of carboxylic acid groups (broad SMARTS) is 2. The zero-order valence-corrected chi connectivity index (χ0v) is 16.0. The van der Waals surface area contributed by atoms with E-state index in [1.54, 1.807) is 48.5 Å². The summed E-state index contributed by atoms with van der Waals surface area (Å²) >= 11 is 0. The first-order valence-corrected chi connectivity index (χ1v) is 6.05. The maximum absolute atomic E-state index is 10.1. The van der Waals surface area contributed by atoms with Crippen molar-refractivity contribution in [2.45, 2.75) is 12.8 Å². The van der Waals surface area contributed by atoms with Crippen LogP contribution in [0.1, 0.15) is 11.1 Å². The van der Waals surface area contributed by atoms with Crippen molar-refractivity contribution in [3.05, 3.63) is 71.8 Å². The van der Waals surface area contributed by atoms with Crippen LogP contribution in [0.25, 0.3) is 0 Å². The number of carbonyl (C=O) groups is 2. The molecule has 0 radical (unpaired) electrons. The van der Waals surface area contributed by atoms with Crippen LogP contribution in [-0.4, -0.2) is 60.8 Å². The molecular formula is C16H14BaO4. The molecule has 2 aromatic carbocycles. The standard InChI is InChI=1S/2C8H8O2.Ba/c2*9-8(10)6-7-4-2-1-3-5-7;/h2*1-5H,6H2,(H,9,10);/q;;+2/p-2. The zero-order chi connectivity index (χ0) is 14.8. The Balaban J connectivity index is 0.000000364. The van der Waals surface area contributed by atoms with Gasteiger partial charge in [-0.05, 0) is 11.1 Å². The molecule has 0 aliphatic carbocycles. The molecule has 0 saturated carbocycles. The van der Waals surface area contributed by atoms with Crippen molar-refractivity contribution in [2.24, 2.45) is 0 Å². The van der Waals surface area contributed by atoms with Crippen molar-refractivity contribution in [1.82, 2.24) is 0 Å². The molecule has 0 spiro atoms. The predicted octanol–water partition coefficient (Wildman–Crippen LogP) is -0.423. The summed E-state index contributed by atoms with van der Waals surface area (Å²) < 4.78 is 0. The quantitative estimate of drug-likeness (QED) is 0.645. The van der Waals surface area contributed by atoms with Gasteiger partial charge in [-0.3, -0.25) is 0 Å². The van der Waals surface area contributed by atoms with E-state index in [-0.39, 0.29) is 61.7 Å². The molecule has 2 aromatic rings. The Kier molecular flexibility index (Phi) is 11.0. The fourth-order valence-electron chi connectivity index (χ4n) is 1.53. The van der Waals surface area contributed by atoms with Crippen LogP contribution in [0.5, 0.6) is 0 Å². The molecular weight excluding hydrogens is 394 g/mol. The van der Waals surface area contributed by atoms with E-state index in [4.69, 9.17) is 0 Å². The molecule has 0 aliphatic rings. The van der Waals surface area contributed by atoms with Crippen molar-refractivity contribution >= 4 is 60.8 Å². The topological polar surface area (TPSA) is 80.3 Å². The third-order valence-corrected chi connectivity index (χ3v) is 2.38. The minimum Gasteiger partial charge on any atom is -0.550 e. The molecule has 0 N–H and O–H groups in total. The molecule has 0 fully saturated rings. The third-order valence-electron chi connectivity index (χ3n) is 2.38. The van der Waals surface area contributed by atoms with Gasteiger partial charge in [-0.25, -0.2) is 0 Å². The van der Waals surface area contributed by atoms with E-state index in [2.05, 4.69) is 0 Å². The van der Waals surface area contributed by atoms with E-state index in [1.807, 2.05) is 12.1 Å². The van der Waals surface area contributed by atoms with Crippen molar-refractivity contribution in [3.63, 3.8) is 0 Å². The summed E-state index contributed by atoms with van der Waals surface area (Å²) in [5.41, 5.74) is 1.56. The van der Waals surface area contributed by atoms with Gasteiger partial charge in [0.2, 0.25) is 0 Å². The molecule has 0 bridgehead atoms. The molecule has 0 saturated heterocycles. The number of hydrogen-bond donors (Lipinski definition) is 0. The second-order valence-corrected chi connectivity index (χ2v) is 4.07. The Morgan fingerprint density at radius 3 is 1.19 bits per heavy atom. The maximum atomic E-state index is 10.1. The van der Waals surface area contributed by atoms with Crippen LogP contribution in [0.2, 0.25) is 0 Å². The van der Waals surface area contributed by atoms with Gasteiger partial charge < -0.3 is 19.8 Å². The first kappa shape index (κ1) is 20.0. The number of aliphatic carboxylic acids is 2. The van der Waals surface area contributed by atoms with E-state index in [9.17, 15) is 19.8 Å². The summed E-state index contributed by atoms with van der Waals surface area (Å²) in [6.45, 7) is 0. The average molecular weight is 408 g/mol. The number of hydrogen-bond acceptors (Lipinski definition) is 4. The minimum atomic E-state index is -1.04. The van der Waals surface area contributed by atoms with Gasteiger partial charge in [0.25, 0.3) is 0 Å². The van der Waals surface area contributed by atoms with E-state index >= 15 is 0 Å². The molecule has 0 amide bonds. The molecule has 0 atom stereocenters. The Morgan fingerprint density at radius 2 is 0.952 bits per heavy atom. The van der Waals surface area contributed by atoms with Crippen molar-refractivity contribution in [2.75, 3.05) is 0 Å². The van der Waals surface area contributed by atoms with Gasteiger partial charge in [-0.2, -0.15) is 0 Å².